The van der Waals surface area contributed by atoms with Gasteiger partial charge in [-0.1, -0.05) is 0 Å². The number of hydrogen-bond donors (Lipinski definition) is 0. The predicted molar refractivity (Wildman–Crippen MR) is 71.7 cm³/mol. The summed E-state index contributed by atoms with van der Waals surface area (Å²) in [5.74, 6) is 3.59. The molecule has 0 radical (unpaired) electrons. The van der Waals surface area contributed by atoms with Gasteiger partial charge in [0.05, 0.1) is 0 Å². The fourth-order valence-electron chi connectivity index (χ4n) is 2.93. The molecule has 19 heavy (non-hydrogen) atoms. The molecule has 1 saturated heterocycles. The minimum absolute atomic E-state index is 0.186. The molecule has 0 bridgehead atoms. The normalized spacial score (nSPS) is 20.8. The fourth-order valence-corrected chi connectivity index (χ4v) is 2.93. The van der Waals surface area contributed by atoms with Crippen molar-refractivity contribution in [1.29, 1.82) is 0 Å². The van der Waals surface area contributed by atoms with Crippen molar-refractivity contribution in [1.82, 2.24) is 19.7 Å². The Labute approximate surface area is 114 Å². The minimum Gasteiger partial charge on any atom is -0.343 e. The van der Waals surface area contributed by atoms with Crippen LogP contribution in [-0.2, 0) is 18.3 Å². The van der Waals surface area contributed by atoms with Crippen LogP contribution in [0.4, 0.5) is 0 Å². The number of aromatic nitrogens is 3. The lowest BCUT2D eigenvalue weighted by molar-refractivity contribution is -0.129. The molecule has 1 amide bonds. The summed E-state index contributed by atoms with van der Waals surface area (Å²) in [7, 11) is 2.00. The first-order valence-electron chi connectivity index (χ1n) is 7.29. The van der Waals surface area contributed by atoms with E-state index in [0.29, 0.717) is 5.92 Å². The molecule has 0 unspecified atom stereocenters. The monoisotopic (exact) mass is 262 g/mol. The summed E-state index contributed by atoms with van der Waals surface area (Å²) in [6, 6.07) is 0. The molecule has 0 N–H and O–H groups in total. The third-order valence-corrected chi connectivity index (χ3v) is 4.31. The van der Waals surface area contributed by atoms with E-state index in [9.17, 15) is 4.79 Å². The molecule has 1 aliphatic heterocycles. The van der Waals surface area contributed by atoms with Crippen LogP contribution in [-0.4, -0.2) is 38.7 Å². The molecular weight excluding hydrogens is 240 g/mol. The average molecular weight is 262 g/mol. The van der Waals surface area contributed by atoms with Crippen LogP contribution in [0, 0.1) is 5.92 Å². The number of carbonyl (C=O) groups excluding carboxylic acids is 1. The lowest BCUT2D eigenvalue weighted by Crippen LogP contribution is -2.36. The lowest BCUT2D eigenvalue weighted by atomic mass is 9.96. The summed E-state index contributed by atoms with van der Waals surface area (Å²) in [5.41, 5.74) is 0. The van der Waals surface area contributed by atoms with Crippen molar-refractivity contribution in [2.24, 2.45) is 13.0 Å². The Hall–Kier alpha value is -1.39. The molecule has 0 aromatic carbocycles. The van der Waals surface area contributed by atoms with Gasteiger partial charge in [-0.3, -0.25) is 9.48 Å². The smallest absolute Gasteiger partial charge is 0.219 e. The molecule has 1 aliphatic carbocycles. The third kappa shape index (κ3) is 2.80. The van der Waals surface area contributed by atoms with Crippen LogP contribution in [0.1, 0.15) is 50.2 Å². The van der Waals surface area contributed by atoms with Gasteiger partial charge in [0.1, 0.15) is 5.82 Å². The van der Waals surface area contributed by atoms with Crippen molar-refractivity contribution in [3.05, 3.63) is 11.6 Å². The average Bonchev–Trinajstić information content (AvgIpc) is 3.12. The van der Waals surface area contributed by atoms with Gasteiger partial charge in [0.2, 0.25) is 5.91 Å². The zero-order valence-corrected chi connectivity index (χ0v) is 11.8. The third-order valence-electron chi connectivity index (χ3n) is 4.31. The van der Waals surface area contributed by atoms with Crippen molar-refractivity contribution in [3.63, 3.8) is 0 Å². The van der Waals surface area contributed by atoms with Gasteiger partial charge in [0.15, 0.2) is 5.82 Å². The van der Waals surface area contributed by atoms with Crippen LogP contribution in [0.25, 0.3) is 0 Å². The molecule has 104 valence electrons. The van der Waals surface area contributed by atoms with E-state index in [1.165, 1.54) is 12.8 Å². The quantitative estimate of drug-likeness (QED) is 0.829. The molecule has 2 fully saturated rings. The number of likely N-dealkylation sites (tertiary alicyclic amines) is 1. The summed E-state index contributed by atoms with van der Waals surface area (Å²) in [5, 5.41) is 4.55. The number of rotatable bonds is 3. The summed E-state index contributed by atoms with van der Waals surface area (Å²) < 4.78 is 1.95. The highest BCUT2D eigenvalue weighted by atomic mass is 16.2. The summed E-state index contributed by atoms with van der Waals surface area (Å²) >= 11 is 0. The van der Waals surface area contributed by atoms with E-state index in [4.69, 9.17) is 4.98 Å². The molecule has 0 atom stereocenters. The zero-order valence-electron chi connectivity index (χ0n) is 11.8. The maximum Gasteiger partial charge on any atom is 0.219 e. The van der Waals surface area contributed by atoms with Crippen LogP contribution in [0.15, 0.2) is 0 Å². The zero-order chi connectivity index (χ0) is 13.4. The molecule has 1 saturated carbocycles. The highest BCUT2D eigenvalue weighted by molar-refractivity contribution is 5.73. The maximum atomic E-state index is 11.3. The highest BCUT2D eigenvalue weighted by Crippen LogP contribution is 2.32. The van der Waals surface area contributed by atoms with E-state index in [-0.39, 0.29) is 5.91 Å². The van der Waals surface area contributed by atoms with Gasteiger partial charge in [-0.2, -0.15) is 5.10 Å². The molecule has 0 spiro atoms. The maximum absolute atomic E-state index is 11.3. The molecule has 2 aliphatic rings. The van der Waals surface area contributed by atoms with E-state index < -0.39 is 0 Å². The molecular formula is C14H22N4O. The Morgan fingerprint density at radius 2 is 1.95 bits per heavy atom. The van der Waals surface area contributed by atoms with Gasteiger partial charge < -0.3 is 4.90 Å². The lowest BCUT2D eigenvalue weighted by Gasteiger charge is -2.30. The van der Waals surface area contributed by atoms with Crippen molar-refractivity contribution < 1.29 is 4.79 Å². The van der Waals surface area contributed by atoms with Gasteiger partial charge >= 0.3 is 0 Å². The molecule has 5 nitrogen and oxygen atoms in total. The van der Waals surface area contributed by atoms with Crippen LogP contribution >= 0.6 is 0 Å². The topological polar surface area (TPSA) is 51.0 Å². The van der Waals surface area contributed by atoms with E-state index in [2.05, 4.69) is 5.10 Å². The Kier molecular flexibility index (Phi) is 3.29. The van der Waals surface area contributed by atoms with Gasteiger partial charge in [-0.05, 0) is 31.6 Å². The second kappa shape index (κ2) is 4.94. The highest BCUT2D eigenvalue weighted by Gasteiger charge is 2.28. The Morgan fingerprint density at radius 1 is 1.26 bits per heavy atom. The number of piperidine rings is 1. The summed E-state index contributed by atoms with van der Waals surface area (Å²) in [4.78, 5) is 18.0. The number of aryl methyl sites for hydroxylation is 1. The second-order valence-electron chi connectivity index (χ2n) is 5.94. The number of hydrogen-bond acceptors (Lipinski definition) is 3. The summed E-state index contributed by atoms with van der Waals surface area (Å²) in [6.45, 7) is 3.35. The minimum atomic E-state index is 0.186. The number of amides is 1. The molecule has 3 rings (SSSR count). The van der Waals surface area contributed by atoms with Gasteiger partial charge in [-0.25, -0.2) is 4.98 Å². The summed E-state index contributed by atoms with van der Waals surface area (Å²) in [6.07, 6.45) is 5.74. The van der Waals surface area contributed by atoms with Crippen molar-refractivity contribution in [3.8, 4) is 0 Å². The number of carbonyl (C=O) groups is 1. The Morgan fingerprint density at radius 3 is 2.53 bits per heavy atom. The number of nitrogens with zero attached hydrogens (tertiary/aromatic N) is 4. The first kappa shape index (κ1) is 12.6. The van der Waals surface area contributed by atoms with E-state index in [1.54, 1.807) is 6.92 Å². The Balaban J connectivity index is 1.65. The fraction of sp³-hybridized carbons (Fsp3) is 0.786. The Bertz CT molecular complexity index is 470. The van der Waals surface area contributed by atoms with E-state index >= 15 is 0 Å². The molecule has 2 heterocycles. The van der Waals surface area contributed by atoms with Gasteiger partial charge in [0, 0.05) is 39.4 Å². The van der Waals surface area contributed by atoms with Gasteiger partial charge in [0.25, 0.3) is 0 Å². The predicted octanol–water partition coefficient (Wildman–Crippen LogP) is 1.49. The van der Waals surface area contributed by atoms with Crippen LogP contribution in [0.3, 0.4) is 0 Å². The second-order valence-corrected chi connectivity index (χ2v) is 5.94. The largest absolute Gasteiger partial charge is 0.343 e. The van der Waals surface area contributed by atoms with Crippen molar-refractivity contribution in [2.75, 3.05) is 13.1 Å². The first-order valence-corrected chi connectivity index (χ1v) is 7.29. The van der Waals surface area contributed by atoms with Crippen molar-refractivity contribution >= 4 is 5.91 Å². The van der Waals surface area contributed by atoms with E-state index in [0.717, 1.165) is 49.9 Å². The molecule has 1 aromatic rings. The molecule has 5 heteroatoms. The van der Waals surface area contributed by atoms with Crippen LogP contribution < -0.4 is 0 Å². The van der Waals surface area contributed by atoms with Gasteiger partial charge in [-0.15, -0.1) is 0 Å². The van der Waals surface area contributed by atoms with Crippen molar-refractivity contribution in [2.45, 2.75) is 44.9 Å². The SMILES string of the molecule is CC(=O)N1CCC(c2nc(CC3CC3)nn2C)CC1. The van der Waals surface area contributed by atoms with E-state index in [1.807, 2.05) is 16.6 Å². The van der Waals surface area contributed by atoms with Crippen LogP contribution in [0.2, 0.25) is 0 Å². The standard InChI is InChI=1S/C14H22N4O/c1-10(19)18-7-5-12(6-8-18)14-15-13(16-17(14)2)9-11-3-4-11/h11-12H,3-9H2,1-2H3. The van der Waals surface area contributed by atoms with Crippen LogP contribution in [0.5, 0.6) is 0 Å². The first-order chi connectivity index (χ1) is 9.13. The molecule has 1 aromatic heterocycles.